The van der Waals surface area contributed by atoms with Crippen LogP contribution in [0.2, 0.25) is 0 Å². The molecule has 4 rings (SSSR count). The minimum Gasteiger partial charge on any atom is -0.497 e. The Balaban J connectivity index is 1.72. The van der Waals surface area contributed by atoms with Crippen LogP contribution in [0.4, 0.5) is 0 Å². The maximum absolute atomic E-state index is 12.8. The van der Waals surface area contributed by atoms with Gasteiger partial charge in [0.05, 0.1) is 26.4 Å². The lowest BCUT2D eigenvalue weighted by Crippen LogP contribution is -2.54. The van der Waals surface area contributed by atoms with Crippen molar-refractivity contribution in [1.29, 1.82) is 0 Å². The van der Waals surface area contributed by atoms with Gasteiger partial charge in [0.1, 0.15) is 5.75 Å². The van der Waals surface area contributed by atoms with Crippen LogP contribution in [0, 0.1) is 5.92 Å². The largest absolute Gasteiger partial charge is 0.497 e. The number of rotatable bonds is 6. The van der Waals surface area contributed by atoms with E-state index in [1.807, 2.05) is 28.8 Å². The fourth-order valence-corrected chi connectivity index (χ4v) is 4.97. The van der Waals surface area contributed by atoms with Crippen molar-refractivity contribution in [3.8, 4) is 5.75 Å². The van der Waals surface area contributed by atoms with Crippen molar-refractivity contribution < 1.29 is 14.9 Å². The van der Waals surface area contributed by atoms with Crippen molar-refractivity contribution in [3.63, 3.8) is 0 Å². The van der Waals surface area contributed by atoms with E-state index in [0.717, 1.165) is 42.9 Å². The Labute approximate surface area is 165 Å². The van der Waals surface area contributed by atoms with Crippen molar-refractivity contribution >= 4 is 0 Å². The van der Waals surface area contributed by atoms with Gasteiger partial charge in [-0.05, 0) is 42.5 Å². The summed E-state index contributed by atoms with van der Waals surface area (Å²) in [5, 5.41) is 19.3. The van der Waals surface area contributed by atoms with Gasteiger partial charge in [0, 0.05) is 36.8 Å². The van der Waals surface area contributed by atoms with Gasteiger partial charge in [-0.15, -0.1) is 0 Å². The predicted molar refractivity (Wildman–Crippen MR) is 107 cm³/mol. The van der Waals surface area contributed by atoms with Crippen molar-refractivity contribution in [3.05, 3.63) is 64.1 Å². The zero-order valence-corrected chi connectivity index (χ0v) is 16.2. The van der Waals surface area contributed by atoms with Crippen LogP contribution in [0.25, 0.3) is 0 Å². The second-order valence-corrected chi connectivity index (χ2v) is 7.95. The molecule has 0 spiro atoms. The van der Waals surface area contributed by atoms with E-state index in [1.54, 1.807) is 13.2 Å². The van der Waals surface area contributed by atoms with Crippen LogP contribution in [0.3, 0.4) is 0 Å². The molecular formula is C22H28N2O4. The van der Waals surface area contributed by atoms with Crippen LogP contribution in [-0.2, 0) is 6.42 Å². The molecule has 0 radical (unpaired) electrons. The molecule has 0 unspecified atom stereocenters. The summed E-state index contributed by atoms with van der Waals surface area (Å²) in [7, 11) is 1.66. The van der Waals surface area contributed by atoms with Gasteiger partial charge in [0.15, 0.2) is 0 Å². The first-order valence-corrected chi connectivity index (χ1v) is 9.94. The molecule has 1 saturated heterocycles. The molecule has 6 heteroatoms. The Morgan fingerprint density at radius 2 is 1.93 bits per heavy atom. The van der Waals surface area contributed by atoms with Crippen molar-refractivity contribution in [2.45, 2.75) is 30.8 Å². The molecule has 2 bridgehead atoms. The third kappa shape index (κ3) is 3.48. The van der Waals surface area contributed by atoms with Crippen LogP contribution in [0.15, 0.2) is 47.3 Å². The average Bonchev–Trinajstić information content (AvgIpc) is 2.72. The summed E-state index contributed by atoms with van der Waals surface area (Å²) in [5.74, 6) is 1.35. The van der Waals surface area contributed by atoms with Crippen LogP contribution in [0.1, 0.15) is 29.6 Å². The van der Waals surface area contributed by atoms with Gasteiger partial charge in [-0.1, -0.05) is 18.2 Å². The first kappa shape index (κ1) is 19.2. The van der Waals surface area contributed by atoms with Gasteiger partial charge in [0.2, 0.25) is 0 Å². The zero-order valence-electron chi connectivity index (χ0n) is 16.2. The van der Waals surface area contributed by atoms with E-state index < -0.39 is 0 Å². The number of likely N-dealkylation sites (tertiary alicyclic amines) is 1. The third-order valence-corrected chi connectivity index (χ3v) is 6.34. The number of hydrogen-bond acceptors (Lipinski definition) is 5. The van der Waals surface area contributed by atoms with E-state index in [1.165, 1.54) is 0 Å². The first-order valence-electron chi connectivity index (χ1n) is 9.94. The molecule has 2 aliphatic rings. The molecule has 1 fully saturated rings. The molecular weight excluding hydrogens is 356 g/mol. The van der Waals surface area contributed by atoms with Crippen LogP contribution < -0.4 is 10.3 Å². The van der Waals surface area contributed by atoms with Crippen LogP contribution >= 0.6 is 0 Å². The topological polar surface area (TPSA) is 74.9 Å². The Morgan fingerprint density at radius 3 is 2.68 bits per heavy atom. The number of aromatic nitrogens is 1. The zero-order chi connectivity index (χ0) is 19.7. The van der Waals surface area contributed by atoms with Gasteiger partial charge in [-0.25, -0.2) is 0 Å². The van der Waals surface area contributed by atoms with E-state index in [9.17, 15) is 15.0 Å². The number of benzene rings is 1. The number of pyridine rings is 1. The van der Waals surface area contributed by atoms with Gasteiger partial charge in [-0.2, -0.15) is 0 Å². The predicted octanol–water partition coefficient (Wildman–Crippen LogP) is 1.41. The maximum atomic E-state index is 12.8. The normalized spacial score (nSPS) is 24.2. The molecule has 2 aliphatic heterocycles. The molecule has 2 N–H and O–H groups in total. The average molecular weight is 384 g/mol. The van der Waals surface area contributed by atoms with Gasteiger partial charge in [-0.3, -0.25) is 9.69 Å². The van der Waals surface area contributed by atoms with E-state index >= 15 is 0 Å². The number of hydrogen-bond donors (Lipinski definition) is 2. The van der Waals surface area contributed by atoms with E-state index in [4.69, 9.17) is 4.74 Å². The molecule has 0 amide bonds. The molecule has 6 nitrogen and oxygen atoms in total. The number of fused-ring (bicyclic) bond motifs is 4. The summed E-state index contributed by atoms with van der Waals surface area (Å²) >= 11 is 0. The fourth-order valence-electron chi connectivity index (χ4n) is 4.97. The Bertz CT molecular complexity index is 877. The fraction of sp³-hybridized carbons (Fsp3) is 0.500. The maximum Gasteiger partial charge on any atom is 0.251 e. The number of methoxy groups -OCH3 is 1. The number of nitrogens with zero attached hydrogens (tertiary/aromatic N) is 2. The Kier molecular flexibility index (Phi) is 5.53. The standard InChI is InChI=1S/C22H28N2O4/c1-28-19-5-2-4-15(8-19)9-21-17-10-16(11-23(12-17)18(13-25)14-26)20-6-3-7-22(27)24(20)21/h2-8,16-18,21,25-26H,9-14H2,1H3/t16-,17+,21+/m1/s1. The van der Waals surface area contributed by atoms with Gasteiger partial charge >= 0.3 is 0 Å². The molecule has 28 heavy (non-hydrogen) atoms. The molecule has 1 aromatic heterocycles. The first-order chi connectivity index (χ1) is 13.6. The molecule has 0 aliphatic carbocycles. The SMILES string of the molecule is COc1cccc(C[C@H]2[C@H]3C[C@H](CN(C(CO)CO)C3)c3cccc(=O)n32)c1. The monoisotopic (exact) mass is 384 g/mol. The Morgan fingerprint density at radius 1 is 1.14 bits per heavy atom. The molecule has 1 aromatic carbocycles. The summed E-state index contributed by atoms with van der Waals surface area (Å²) in [6, 6.07) is 13.4. The lowest BCUT2D eigenvalue weighted by Gasteiger charge is -2.48. The summed E-state index contributed by atoms with van der Waals surface area (Å²) in [6.07, 6.45) is 1.78. The minimum absolute atomic E-state index is 0.0490. The quantitative estimate of drug-likeness (QED) is 0.788. The third-order valence-electron chi connectivity index (χ3n) is 6.34. The van der Waals surface area contributed by atoms with Crippen molar-refractivity contribution in [2.75, 3.05) is 33.4 Å². The minimum atomic E-state index is -0.246. The highest BCUT2D eigenvalue weighted by atomic mass is 16.5. The highest BCUT2D eigenvalue weighted by Crippen LogP contribution is 2.42. The summed E-state index contributed by atoms with van der Waals surface area (Å²) in [4.78, 5) is 15.0. The Hall–Kier alpha value is -2.15. The van der Waals surface area contributed by atoms with E-state index in [2.05, 4.69) is 17.0 Å². The van der Waals surface area contributed by atoms with E-state index in [0.29, 0.717) is 0 Å². The number of aliphatic hydroxyl groups is 2. The lowest BCUT2D eigenvalue weighted by molar-refractivity contribution is 0.0133. The molecule has 3 atom stereocenters. The number of ether oxygens (including phenoxy) is 1. The van der Waals surface area contributed by atoms with Crippen LogP contribution in [-0.4, -0.2) is 59.1 Å². The lowest BCUT2D eigenvalue weighted by atomic mass is 9.76. The smallest absolute Gasteiger partial charge is 0.251 e. The molecule has 150 valence electrons. The molecule has 0 saturated carbocycles. The molecule has 2 aromatic rings. The second-order valence-electron chi connectivity index (χ2n) is 7.95. The molecule has 3 heterocycles. The summed E-state index contributed by atoms with van der Waals surface area (Å²) in [6.45, 7) is 1.42. The highest BCUT2D eigenvalue weighted by Gasteiger charge is 2.41. The van der Waals surface area contributed by atoms with Crippen molar-refractivity contribution in [1.82, 2.24) is 9.47 Å². The van der Waals surface area contributed by atoms with Crippen LogP contribution in [0.5, 0.6) is 5.75 Å². The van der Waals surface area contributed by atoms with Crippen molar-refractivity contribution in [2.24, 2.45) is 5.92 Å². The van der Waals surface area contributed by atoms with Gasteiger partial charge < -0.3 is 19.5 Å². The van der Waals surface area contributed by atoms with Gasteiger partial charge in [0.25, 0.3) is 5.56 Å². The number of aliphatic hydroxyl groups excluding tert-OH is 2. The summed E-state index contributed by atoms with van der Waals surface area (Å²) in [5.41, 5.74) is 2.26. The number of piperidine rings is 1. The summed E-state index contributed by atoms with van der Waals surface area (Å²) < 4.78 is 7.35. The van der Waals surface area contributed by atoms with E-state index in [-0.39, 0.29) is 42.7 Å². The highest BCUT2D eigenvalue weighted by molar-refractivity contribution is 5.30. The second kappa shape index (κ2) is 8.07.